The average Bonchev–Trinajstić information content (AvgIpc) is 2.36. The Balaban J connectivity index is 2.33. The van der Waals surface area contributed by atoms with Crippen molar-refractivity contribution in [2.45, 2.75) is 9.79 Å². The van der Waals surface area contributed by atoms with Gasteiger partial charge in [0.05, 0.1) is 20.6 Å². The summed E-state index contributed by atoms with van der Waals surface area (Å²) in [5, 5.41) is 0.490. The van der Waals surface area contributed by atoms with E-state index in [9.17, 15) is 9.00 Å². The van der Waals surface area contributed by atoms with Crippen molar-refractivity contribution in [3.63, 3.8) is 0 Å². The maximum Gasteiger partial charge on any atom is 0.195 e. The molecule has 0 radical (unpaired) electrons. The highest BCUT2D eigenvalue weighted by Gasteiger charge is 2.28. The minimum absolute atomic E-state index is 0.0909. The Hall–Kier alpha value is -1.45. The summed E-state index contributed by atoms with van der Waals surface area (Å²) in [5.74, 6) is -0.0909. The smallest absolute Gasteiger partial charge is 0.195 e. The number of ketones is 1. The van der Waals surface area contributed by atoms with Gasteiger partial charge in [-0.1, -0.05) is 23.7 Å². The van der Waals surface area contributed by atoms with E-state index in [0.717, 1.165) is 0 Å². The summed E-state index contributed by atoms with van der Waals surface area (Å²) < 4.78 is 12.3. The van der Waals surface area contributed by atoms with Gasteiger partial charge in [0, 0.05) is 16.1 Å². The third-order valence-electron chi connectivity index (χ3n) is 2.72. The van der Waals surface area contributed by atoms with Crippen LogP contribution in [0.5, 0.6) is 0 Å². The molecule has 1 aliphatic rings. The summed E-state index contributed by atoms with van der Waals surface area (Å²) in [6, 6.07) is 11.8. The predicted octanol–water partition coefficient (Wildman–Crippen LogP) is 3.05. The van der Waals surface area contributed by atoms with Gasteiger partial charge in [-0.05, 0) is 30.3 Å². The third-order valence-corrected chi connectivity index (χ3v) is 4.45. The summed E-state index contributed by atoms with van der Waals surface area (Å²) in [6.45, 7) is 0. The van der Waals surface area contributed by atoms with Crippen molar-refractivity contribution in [2.24, 2.45) is 0 Å². The van der Waals surface area contributed by atoms with Crippen LogP contribution >= 0.6 is 11.6 Å². The molecular weight excluding hydrogens is 256 g/mol. The molecule has 0 bridgehead atoms. The Labute approximate surface area is 106 Å². The van der Waals surface area contributed by atoms with E-state index in [1.807, 2.05) is 0 Å². The molecule has 0 fully saturated rings. The van der Waals surface area contributed by atoms with Crippen molar-refractivity contribution in [1.82, 2.24) is 0 Å². The summed E-state index contributed by atoms with van der Waals surface area (Å²) in [5.41, 5.74) is 0.993. The molecule has 4 heteroatoms. The van der Waals surface area contributed by atoms with Gasteiger partial charge in [0.15, 0.2) is 5.78 Å². The molecule has 84 valence electrons. The quantitative estimate of drug-likeness (QED) is 0.624. The zero-order valence-corrected chi connectivity index (χ0v) is 10.2. The second-order valence-corrected chi connectivity index (χ2v) is 5.59. The average molecular weight is 263 g/mol. The van der Waals surface area contributed by atoms with Crippen LogP contribution in [0.15, 0.2) is 52.3 Å². The zero-order valence-electron chi connectivity index (χ0n) is 8.64. The topological polar surface area (TPSA) is 34.1 Å². The fraction of sp³-hybridized carbons (Fsp3) is 0. The van der Waals surface area contributed by atoms with Crippen molar-refractivity contribution in [1.29, 1.82) is 0 Å². The second-order valence-electron chi connectivity index (χ2n) is 3.73. The minimum Gasteiger partial charge on any atom is -0.289 e. The third kappa shape index (κ3) is 1.54. The summed E-state index contributed by atoms with van der Waals surface area (Å²) >= 11 is 5.87. The standard InChI is InChI=1S/C13H7ClO2S/c14-8-5-6-10-12(7-8)17(16)11-4-2-1-3-9(11)13(10)15/h1-7H. The van der Waals surface area contributed by atoms with Crippen LogP contribution < -0.4 is 0 Å². The number of rotatable bonds is 0. The van der Waals surface area contributed by atoms with E-state index in [1.165, 1.54) is 0 Å². The lowest BCUT2D eigenvalue weighted by Crippen LogP contribution is -2.15. The predicted molar refractivity (Wildman–Crippen MR) is 66.0 cm³/mol. The molecule has 0 N–H and O–H groups in total. The minimum atomic E-state index is -1.33. The molecule has 2 aromatic carbocycles. The SMILES string of the molecule is O=C1c2ccccc2S(=O)c2cc(Cl)ccc21. The van der Waals surface area contributed by atoms with E-state index in [2.05, 4.69) is 0 Å². The van der Waals surface area contributed by atoms with Crippen LogP contribution in [0, 0.1) is 0 Å². The molecule has 0 spiro atoms. The number of hydrogen-bond acceptors (Lipinski definition) is 2. The van der Waals surface area contributed by atoms with Gasteiger partial charge in [-0.15, -0.1) is 0 Å². The van der Waals surface area contributed by atoms with E-state index < -0.39 is 10.8 Å². The molecule has 17 heavy (non-hydrogen) atoms. The second kappa shape index (κ2) is 3.79. The molecule has 3 rings (SSSR count). The number of benzene rings is 2. The Morgan fingerprint density at radius 2 is 1.65 bits per heavy atom. The highest BCUT2D eigenvalue weighted by Crippen LogP contribution is 2.32. The fourth-order valence-corrected chi connectivity index (χ4v) is 3.55. The van der Waals surface area contributed by atoms with E-state index in [1.54, 1.807) is 42.5 Å². The van der Waals surface area contributed by atoms with Crippen molar-refractivity contribution in [2.75, 3.05) is 0 Å². The van der Waals surface area contributed by atoms with E-state index in [-0.39, 0.29) is 5.78 Å². The summed E-state index contributed by atoms with van der Waals surface area (Å²) in [7, 11) is -1.33. The van der Waals surface area contributed by atoms with Gasteiger partial charge in [-0.3, -0.25) is 4.79 Å². The number of fused-ring (bicyclic) bond motifs is 2. The van der Waals surface area contributed by atoms with E-state index in [0.29, 0.717) is 25.9 Å². The lowest BCUT2D eigenvalue weighted by Gasteiger charge is -2.17. The molecule has 1 aliphatic heterocycles. The van der Waals surface area contributed by atoms with Gasteiger partial charge in [-0.2, -0.15) is 0 Å². The van der Waals surface area contributed by atoms with Crippen LogP contribution in [0.25, 0.3) is 0 Å². The normalized spacial score (nSPS) is 17.5. The molecule has 0 amide bonds. The van der Waals surface area contributed by atoms with Crippen molar-refractivity contribution >= 4 is 28.2 Å². The van der Waals surface area contributed by atoms with Crippen molar-refractivity contribution in [3.05, 3.63) is 58.6 Å². The molecule has 1 atom stereocenters. The van der Waals surface area contributed by atoms with Gasteiger partial charge < -0.3 is 0 Å². The summed E-state index contributed by atoms with van der Waals surface area (Å²) in [4.78, 5) is 13.3. The Bertz CT molecular complexity index is 664. The van der Waals surface area contributed by atoms with Crippen LogP contribution in [0.4, 0.5) is 0 Å². The number of halogens is 1. The first-order valence-corrected chi connectivity index (χ1v) is 6.56. The van der Waals surface area contributed by atoms with Crippen molar-refractivity contribution in [3.8, 4) is 0 Å². The zero-order chi connectivity index (χ0) is 12.0. The maximum atomic E-state index is 12.3. The van der Waals surface area contributed by atoms with E-state index in [4.69, 9.17) is 11.6 Å². The van der Waals surface area contributed by atoms with Gasteiger partial charge in [0.25, 0.3) is 0 Å². The highest BCUT2D eigenvalue weighted by molar-refractivity contribution is 7.85. The molecular formula is C13H7ClO2S. The van der Waals surface area contributed by atoms with Crippen LogP contribution in [0.1, 0.15) is 15.9 Å². The van der Waals surface area contributed by atoms with Crippen molar-refractivity contribution < 1.29 is 9.00 Å². The van der Waals surface area contributed by atoms with Gasteiger partial charge in [0.1, 0.15) is 0 Å². The van der Waals surface area contributed by atoms with Gasteiger partial charge in [0.2, 0.25) is 0 Å². The molecule has 0 aromatic heterocycles. The lowest BCUT2D eigenvalue weighted by atomic mass is 10.0. The first-order chi connectivity index (χ1) is 8.18. The number of carbonyl (C=O) groups excluding carboxylic acids is 1. The lowest BCUT2D eigenvalue weighted by molar-refractivity contribution is 0.103. The Kier molecular flexibility index (Phi) is 2.38. The van der Waals surface area contributed by atoms with E-state index >= 15 is 0 Å². The number of carbonyl (C=O) groups is 1. The monoisotopic (exact) mass is 262 g/mol. The van der Waals surface area contributed by atoms with Crippen LogP contribution in [0.3, 0.4) is 0 Å². The van der Waals surface area contributed by atoms with Crippen LogP contribution in [-0.4, -0.2) is 9.99 Å². The molecule has 0 saturated heterocycles. The Morgan fingerprint density at radius 1 is 0.941 bits per heavy atom. The highest BCUT2D eigenvalue weighted by atomic mass is 35.5. The van der Waals surface area contributed by atoms with Gasteiger partial charge >= 0.3 is 0 Å². The van der Waals surface area contributed by atoms with Gasteiger partial charge in [-0.25, -0.2) is 4.21 Å². The number of hydrogen-bond donors (Lipinski definition) is 0. The van der Waals surface area contributed by atoms with Crippen LogP contribution in [0.2, 0.25) is 5.02 Å². The maximum absolute atomic E-state index is 12.3. The molecule has 0 aliphatic carbocycles. The first kappa shape index (κ1) is 10.7. The molecule has 2 aromatic rings. The molecule has 1 heterocycles. The summed E-state index contributed by atoms with van der Waals surface area (Å²) in [6.07, 6.45) is 0. The molecule has 2 nitrogen and oxygen atoms in total. The Morgan fingerprint density at radius 3 is 2.47 bits per heavy atom. The van der Waals surface area contributed by atoms with Crippen LogP contribution in [-0.2, 0) is 10.8 Å². The first-order valence-electron chi connectivity index (χ1n) is 5.03. The fourth-order valence-electron chi connectivity index (χ4n) is 1.92. The largest absolute Gasteiger partial charge is 0.289 e. The molecule has 1 unspecified atom stereocenters. The molecule has 0 saturated carbocycles.